The third-order valence-electron chi connectivity index (χ3n) is 2.55. The first kappa shape index (κ1) is 12.3. The summed E-state index contributed by atoms with van der Waals surface area (Å²) in [7, 11) is 0. The highest BCUT2D eigenvalue weighted by Gasteiger charge is 2.14. The third kappa shape index (κ3) is 2.94. The van der Waals surface area contributed by atoms with Gasteiger partial charge in [0, 0.05) is 12.0 Å². The molecule has 1 aromatic carbocycles. The summed E-state index contributed by atoms with van der Waals surface area (Å²) in [6, 6.07) is 9.48. The number of anilines is 1. The minimum Gasteiger partial charge on any atom is -0.306 e. The van der Waals surface area contributed by atoms with Gasteiger partial charge >= 0.3 is 0 Å². The predicted octanol–water partition coefficient (Wildman–Crippen LogP) is 2.87. The minimum atomic E-state index is -0.0651. The predicted molar refractivity (Wildman–Crippen MR) is 67.9 cm³/mol. The third-order valence-corrected chi connectivity index (χ3v) is 2.55. The van der Waals surface area contributed by atoms with Gasteiger partial charge in [-0.15, -0.1) is 0 Å². The molecule has 0 atom stereocenters. The van der Waals surface area contributed by atoms with Gasteiger partial charge in [0.25, 0.3) is 0 Å². The van der Waals surface area contributed by atoms with Gasteiger partial charge in [-0.05, 0) is 16.7 Å². The van der Waals surface area contributed by atoms with Crippen LogP contribution in [0.25, 0.3) is 11.3 Å². The van der Waals surface area contributed by atoms with E-state index < -0.39 is 0 Å². The number of amides is 1. The van der Waals surface area contributed by atoms with Gasteiger partial charge in [0.1, 0.15) is 0 Å². The van der Waals surface area contributed by atoms with Gasteiger partial charge in [-0.1, -0.05) is 43.7 Å². The molecule has 0 spiro atoms. The number of carbonyl (C=O) groups is 1. The maximum absolute atomic E-state index is 11.6. The Balaban J connectivity index is 2.11. The van der Waals surface area contributed by atoms with Gasteiger partial charge in [0.05, 0.1) is 0 Å². The number of hydrogen-bond donors (Lipinski definition) is 1. The molecule has 0 bridgehead atoms. The van der Waals surface area contributed by atoms with Crippen molar-refractivity contribution in [3.63, 3.8) is 0 Å². The van der Waals surface area contributed by atoms with E-state index >= 15 is 0 Å². The molecular weight excluding hydrogens is 230 g/mol. The monoisotopic (exact) mass is 245 g/mol. The number of aromatic nitrogens is 2. The largest absolute Gasteiger partial charge is 0.306 e. The number of benzene rings is 1. The van der Waals surface area contributed by atoms with Crippen molar-refractivity contribution < 1.29 is 9.42 Å². The zero-order chi connectivity index (χ0) is 12.8. The van der Waals surface area contributed by atoms with Crippen LogP contribution >= 0.6 is 0 Å². The fourth-order valence-electron chi connectivity index (χ4n) is 1.59. The Morgan fingerprint density at radius 3 is 2.78 bits per heavy atom. The second kappa shape index (κ2) is 5.95. The number of hydrogen-bond acceptors (Lipinski definition) is 4. The van der Waals surface area contributed by atoms with Crippen molar-refractivity contribution in [2.45, 2.75) is 26.2 Å². The molecule has 1 amide bonds. The molecule has 5 nitrogen and oxygen atoms in total. The highest BCUT2D eigenvalue weighted by molar-refractivity contribution is 5.92. The Kier molecular flexibility index (Phi) is 4.06. The molecule has 2 aromatic rings. The van der Waals surface area contributed by atoms with Gasteiger partial charge in [-0.25, -0.2) is 4.63 Å². The van der Waals surface area contributed by atoms with Crippen LogP contribution in [0, 0.1) is 0 Å². The van der Waals surface area contributed by atoms with Crippen LogP contribution in [-0.4, -0.2) is 16.2 Å². The summed E-state index contributed by atoms with van der Waals surface area (Å²) in [5, 5.41) is 10.3. The molecule has 0 fully saturated rings. The normalized spacial score (nSPS) is 10.3. The van der Waals surface area contributed by atoms with E-state index in [1.165, 1.54) is 0 Å². The Bertz CT molecular complexity index is 508. The van der Waals surface area contributed by atoms with Gasteiger partial charge in [-0.3, -0.25) is 4.79 Å². The van der Waals surface area contributed by atoms with Crippen LogP contribution in [0.5, 0.6) is 0 Å². The van der Waals surface area contributed by atoms with E-state index in [2.05, 4.69) is 15.6 Å². The van der Waals surface area contributed by atoms with E-state index in [9.17, 15) is 4.79 Å². The average molecular weight is 245 g/mol. The highest BCUT2D eigenvalue weighted by Crippen LogP contribution is 2.23. The lowest BCUT2D eigenvalue weighted by Crippen LogP contribution is -2.11. The molecular formula is C13H15N3O2. The Morgan fingerprint density at radius 1 is 1.28 bits per heavy atom. The second-order valence-electron chi connectivity index (χ2n) is 3.98. The molecule has 0 radical (unpaired) electrons. The van der Waals surface area contributed by atoms with Crippen LogP contribution in [0.2, 0.25) is 0 Å². The van der Waals surface area contributed by atoms with Crippen LogP contribution in [0.3, 0.4) is 0 Å². The molecule has 0 unspecified atom stereocenters. The first-order chi connectivity index (χ1) is 8.81. The minimum absolute atomic E-state index is 0.0651. The summed E-state index contributed by atoms with van der Waals surface area (Å²) < 4.78 is 4.69. The van der Waals surface area contributed by atoms with Crippen molar-refractivity contribution in [1.29, 1.82) is 0 Å². The molecule has 94 valence electrons. The summed E-state index contributed by atoms with van der Waals surface area (Å²) >= 11 is 0. The van der Waals surface area contributed by atoms with Crippen molar-refractivity contribution in [2.24, 2.45) is 0 Å². The zero-order valence-electron chi connectivity index (χ0n) is 10.2. The summed E-state index contributed by atoms with van der Waals surface area (Å²) in [5.41, 5.74) is 1.42. The molecule has 1 N–H and O–H groups in total. The topological polar surface area (TPSA) is 68.0 Å². The summed E-state index contributed by atoms with van der Waals surface area (Å²) in [6.07, 6.45) is 2.32. The van der Waals surface area contributed by atoms with E-state index in [0.29, 0.717) is 17.9 Å². The summed E-state index contributed by atoms with van der Waals surface area (Å²) in [5.74, 6) is 0.312. The average Bonchev–Trinajstić information content (AvgIpc) is 2.85. The molecule has 0 saturated heterocycles. The van der Waals surface area contributed by atoms with Crippen LogP contribution in [-0.2, 0) is 4.79 Å². The van der Waals surface area contributed by atoms with Gasteiger partial charge < -0.3 is 5.32 Å². The Hall–Kier alpha value is -2.17. The number of nitrogens with one attached hydrogen (secondary N) is 1. The van der Waals surface area contributed by atoms with Crippen LogP contribution in [0.1, 0.15) is 26.2 Å². The van der Waals surface area contributed by atoms with Crippen LogP contribution in [0.4, 0.5) is 5.82 Å². The second-order valence-corrected chi connectivity index (χ2v) is 3.98. The fraction of sp³-hybridized carbons (Fsp3) is 0.308. The molecule has 5 heteroatoms. The molecule has 0 saturated carbocycles. The van der Waals surface area contributed by atoms with Gasteiger partial charge in [-0.2, -0.15) is 0 Å². The van der Waals surface area contributed by atoms with Crippen molar-refractivity contribution >= 4 is 11.7 Å². The quantitative estimate of drug-likeness (QED) is 0.879. The van der Waals surface area contributed by atoms with Crippen LogP contribution < -0.4 is 5.32 Å². The lowest BCUT2D eigenvalue weighted by atomic mass is 10.1. The summed E-state index contributed by atoms with van der Waals surface area (Å²) in [6.45, 7) is 2.04. The molecule has 0 aliphatic rings. The van der Waals surface area contributed by atoms with E-state index in [4.69, 9.17) is 4.63 Å². The number of rotatable bonds is 5. The smallest absolute Gasteiger partial charge is 0.225 e. The standard InChI is InChI=1S/C13H15N3O2/c1-2-3-9-11(17)14-13-12(15-18-16-13)10-7-5-4-6-8-10/h4-8H,2-3,9H2,1H3,(H,14,16,17). The Labute approximate surface area is 105 Å². The fourth-order valence-corrected chi connectivity index (χ4v) is 1.59. The lowest BCUT2D eigenvalue weighted by molar-refractivity contribution is -0.116. The van der Waals surface area contributed by atoms with E-state index in [0.717, 1.165) is 18.4 Å². The maximum Gasteiger partial charge on any atom is 0.225 e. The number of nitrogens with zero attached hydrogens (tertiary/aromatic N) is 2. The SMILES string of the molecule is CCCCC(=O)Nc1nonc1-c1ccccc1. The molecule has 18 heavy (non-hydrogen) atoms. The van der Waals surface area contributed by atoms with Gasteiger partial charge in [0.2, 0.25) is 11.7 Å². The lowest BCUT2D eigenvalue weighted by Gasteiger charge is -2.02. The van der Waals surface area contributed by atoms with Crippen molar-refractivity contribution in [1.82, 2.24) is 10.3 Å². The molecule has 0 aliphatic heterocycles. The van der Waals surface area contributed by atoms with E-state index in [1.54, 1.807) is 0 Å². The van der Waals surface area contributed by atoms with Crippen molar-refractivity contribution in [3.8, 4) is 11.3 Å². The first-order valence-corrected chi connectivity index (χ1v) is 5.99. The molecule has 2 rings (SSSR count). The molecule has 1 heterocycles. The Morgan fingerprint density at radius 2 is 2.06 bits per heavy atom. The van der Waals surface area contributed by atoms with E-state index in [1.807, 2.05) is 37.3 Å². The van der Waals surface area contributed by atoms with Crippen LogP contribution in [0.15, 0.2) is 35.0 Å². The van der Waals surface area contributed by atoms with E-state index in [-0.39, 0.29) is 5.91 Å². The van der Waals surface area contributed by atoms with Crippen molar-refractivity contribution in [2.75, 3.05) is 5.32 Å². The molecule has 0 aliphatic carbocycles. The highest BCUT2D eigenvalue weighted by atomic mass is 16.6. The maximum atomic E-state index is 11.6. The van der Waals surface area contributed by atoms with Crippen molar-refractivity contribution in [3.05, 3.63) is 30.3 Å². The summed E-state index contributed by atoms with van der Waals surface area (Å²) in [4.78, 5) is 11.6. The number of carbonyl (C=O) groups excluding carboxylic acids is 1. The first-order valence-electron chi connectivity index (χ1n) is 5.99. The van der Waals surface area contributed by atoms with Gasteiger partial charge in [0.15, 0.2) is 5.69 Å². The number of unbranched alkanes of at least 4 members (excludes halogenated alkanes) is 1. The zero-order valence-corrected chi connectivity index (χ0v) is 10.2. The molecule has 1 aromatic heterocycles.